The zero-order chi connectivity index (χ0) is 10.4. The Balaban J connectivity index is 3.76. The van der Waals surface area contributed by atoms with Gasteiger partial charge in [-0.3, -0.25) is 9.59 Å². The van der Waals surface area contributed by atoms with Crippen molar-refractivity contribution < 1.29 is 19.1 Å². The highest BCUT2D eigenvalue weighted by Crippen LogP contribution is 2.02. The number of carbonyl (C=O) groups excluding carboxylic acids is 2. The van der Waals surface area contributed by atoms with Gasteiger partial charge in [0.2, 0.25) is 0 Å². The van der Waals surface area contributed by atoms with E-state index in [1.165, 1.54) is 7.11 Å². The van der Waals surface area contributed by atoms with Crippen molar-refractivity contribution in [3.63, 3.8) is 0 Å². The molecule has 0 fully saturated rings. The molecule has 0 radical (unpaired) electrons. The molecular weight excluding hydrogens is 172 g/mol. The maximum absolute atomic E-state index is 11.0. The van der Waals surface area contributed by atoms with Gasteiger partial charge in [0.05, 0.1) is 18.9 Å². The maximum Gasteiger partial charge on any atom is 0.311 e. The fourth-order valence-corrected chi connectivity index (χ4v) is 0.643. The van der Waals surface area contributed by atoms with Crippen molar-refractivity contribution in [1.82, 2.24) is 0 Å². The first kappa shape index (κ1) is 11.9. The van der Waals surface area contributed by atoms with E-state index in [0.29, 0.717) is 0 Å². The molecule has 0 aromatic heterocycles. The highest BCUT2D eigenvalue weighted by atomic mass is 16.5. The second-order valence-electron chi connectivity index (χ2n) is 3.21. The predicted octanol–water partition coefficient (Wildman–Crippen LogP) is 0.995. The lowest BCUT2D eigenvalue weighted by atomic mass is 10.2. The summed E-state index contributed by atoms with van der Waals surface area (Å²) in [5, 5.41) is 0. The molecule has 13 heavy (non-hydrogen) atoms. The van der Waals surface area contributed by atoms with Crippen LogP contribution in [-0.2, 0) is 19.1 Å². The molecule has 0 aliphatic carbocycles. The second-order valence-corrected chi connectivity index (χ2v) is 3.21. The first-order valence-electron chi connectivity index (χ1n) is 4.23. The van der Waals surface area contributed by atoms with Gasteiger partial charge in [-0.1, -0.05) is 13.8 Å². The summed E-state index contributed by atoms with van der Waals surface area (Å²) >= 11 is 0. The van der Waals surface area contributed by atoms with E-state index in [2.05, 4.69) is 4.74 Å². The Morgan fingerprint density at radius 2 is 1.69 bits per heavy atom. The minimum absolute atomic E-state index is 0.0870. The van der Waals surface area contributed by atoms with Gasteiger partial charge in [-0.05, 0) is 6.92 Å². The molecule has 0 bridgehead atoms. The Morgan fingerprint density at radius 3 is 2.08 bits per heavy atom. The number of esters is 2. The number of carbonyl (C=O) groups is 2. The first-order chi connectivity index (χ1) is 5.99. The average Bonchev–Trinajstić information content (AvgIpc) is 2.11. The molecule has 4 nitrogen and oxygen atoms in total. The van der Waals surface area contributed by atoms with Crippen LogP contribution in [0, 0.1) is 11.8 Å². The summed E-state index contributed by atoms with van der Waals surface area (Å²) in [6.07, 6.45) is 0. The van der Waals surface area contributed by atoms with E-state index in [0.717, 1.165) is 0 Å². The largest absolute Gasteiger partial charge is 0.469 e. The Kier molecular flexibility index (Phi) is 5.11. The van der Waals surface area contributed by atoms with E-state index < -0.39 is 5.92 Å². The molecule has 0 aliphatic heterocycles. The number of rotatable bonds is 4. The zero-order valence-corrected chi connectivity index (χ0v) is 8.49. The molecule has 76 valence electrons. The number of hydrogen-bond donors (Lipinski definition) is 0. The standard InChI is InChI=1S/C9H16O4/c1-6(2)8(10)13-5-7(3)9(11)12-4/h6-7H,5H2,1-4H3/t7-/m1/s1. The van der Waals surface area contributed by atoms with Crippen LogP contribution in [0.25, 0.3) is 0 Å². The van der Waals surface area contributed by atoms with Gasteiger partial charge in [-0.2, -0.15) is 0 Å². The molecular formula is C9H16O4. The third-order valence-electron chi connectivity index (χ3n) is 1.55. The van der Waals surface area contributed by atoms with Gasteiger partial charge in [0, 0.05) is 0 Å². The van der Waals surface area contributed by atoms with Gasteiger partial charge in [0.15, 0.2) is 0 Å². The lowest BCUT2D eigenvalue weighted by Gasteiger charge is -2.11. The lowest BCUT2D eigenvalue weighted by Crippen LogP contribution is -2.22. The smallest absolute Gasteiger partial charge is 0.311 e. The molecule has 1 atom stereocenters. The maximum atomic E-state index is 11.0. The fraction of sp³-hybridized carbons (Fsp3) is 0.778. The van der Waals surface area contributed by atoms with E-state index in [1.807, 2.05) is 0 Å². The molecule has 0 heterocycles. The van der Waals surface area contributed by atoms with Gasteiger partial charge >= 0.3 is 11.9 Å². The summed E-state index contributed by atoms with van der Waals surface area (Å²) in [4.78, 5) is 21.9. The van der Waals surface area contributed by atoms with Gasteiger partial charge in [0.1, 0.15) is 6.61 Å². The van der Waals surface area contributed by atoms with Crippen LogP contribution >= 0.6 is 0 Å². The van der Waals surface area contributed by atoms with Crippen LogP contribution in [-0.4, -0.2) is 25.7 Å². The Bertz CT molecular complexity index is 186. The van der Waals surface area contributed by atoms with E-state index in [-0.39, 0.29) is 24.5 Å². The molecule has 0 aromatic carbocycles. The Morgan fingerprint density at radius 1 is 1.15 bits per heavy atom. The van der Waals surface area contributed by atoms with Crippen LogP contribution in [0.4, 0.5) is 0 Å². The van der Waals surface area contributed by atoms with Crippen LogP contribution in [0.1, 0.15) is 20.8 Å². The predicted molar refractivity (Wildman–Crippen MR) is 47.0 cm³/mol. The molecule has 0 unspecified atom stereocenters. The van der Waals surface area contributed by atoms with Crippen molar-refractivity contribution in [2.24, 2.45) is 11.8 Å². The summed E-state index contributed by atoms with van der Waals surface area (Å²) in [6, 6.07) is 0. The average molecular weight is 188 g/mol. The number of hydrogen-bond acceptors (Lipinski definition) is 4. The van der Waals surface area contributed by atoms with E-state index in [9.17, 15) is 9.59 Å². The van der Waals surface area contributed by atoms with Crippen molar-refractivity contribution in [3.8, 4) is 0 Å². The monoisotopic (exact) mass is 188 g/mol. The van der Waals surface area contributed by atoms with Crippen molar-refractivity contribution in [2.45, 2.75) is 20.8 Å². The van der Waals surface area contributed by atoms with Crippen LogP contribution in [0.5, 0.6) is 0 Å². The third-order valence-corrected chi connectivity index (χ3v) is 1.55. The third kappa shape index (κ3) is 4.50. The van der Waals surface area contributed by atoms with Crippen molar-refractivity contribution in [1.29, 1.82) is 0 Å². The summed E-state index contributed by atoms with van der Waals surface area (Å²) in [7, 11) is 1.31. The molecule has 0 aromatic rings. The van der Waals surface area contributed by atoms with Gasteiger partial charge in [0.25, 0.3) is 0 Å². The van der Waals surface area contributed by atoms with E-state index >= 15 is 0 Å². The molecule has 0 N–H and O–H groups in total. The van der Waals surface area contributed by atoms with E-state index in [4.69, 9.17) is 4.74 Å². The Hall–Kier alpha value is -1.06. The van der Waals surface area contributed by atoms with Crippen molar-refractivity contribution in [3.05, 3.63) is 0 Å². The van der Waals surface area contributed by atoms with Gasteiger partial charge < -0.3 is 9.47 Å². The molecule has 0 spiro atoms. The van der Waals surface area contributed by atoms with E-state index in [1.54, 1.807) is 20.8 Å². The number of ether oxygens (including phenoxy) is 2. The summed E-state index contributed by atoms with van der Waals surface area (Å²) in [6.45, 7) is 5.22. The molecule has 0 saturated heterocycles. The van der Waals surface area contributed by atoms with Crippen LogP contribution in [0.3, 0.4) is 0 Å². The molecule has 0 rings (SSSR count). The Labute approximate surface area is 78.2 Å². The minimum atomic E-state index is -0.396. The fourth-order valence-electron chi connectivity index (χ4n) is 0.643. The minimum Gasteiger partial charge on any atom is -0.469 e. The quantitative estimate of drug-likeness (QED) is 0.617. The topological polar surface area (TPSA) is 52.6 Å². The van der Waals surface area contributed by atoms with Gasteiger partial charge in [-0.25, -0.2) is 0 Å². The van der Waals surface area contributed by atoms with Crippen LogP contribution in [0.15, 0.2) is 0 Å². The molecule has 0 aliphatic rings. The molecule has 4 heteroatoms. The molecule has 0 saturated carbocycles. The first-order valence-corrected chi connectivity index (χ1v) is 4.23. The van der Waals surface area contributed by atoms with Crippen LogP contribution in [0.2, 0.25) is 0 Å². The normalized spacial score (nSPS) is 12.4. The van der Waals surface area contributed by atoms with Crippen molar-refractivity contribution in [2.75, 3.05) is 13.7 Å². The summed E-state index contributed by atoms with van der Waals surface area (Å²) < 4.78 is 9.32. The molecule has 0 amide bonds. The second kappa shape index (κ2) is 5.56. The SMILES string of the molecule is COC(=O)[C@H](C)COC(=O)C(C)C. The van der Waals surface area contributed by atoms with Gasteiger partial charge in [-0.15, -0.1) is 0 Å². The zero-order valence-electron chi connectivity index (χ0n) is 8.49. The van der Waals surface area contributed by atoms with Crippen LogP contribution < -0.4 is 0 Å². The van der Waals surface area contributed by atoms with Crippen molar-refractivity contribution >= 4 is 11.9 Å². The summed E-state index contributed by atoms with van der Waals surface area (Å²) in [5.74, 6) is -1.22. The number of methoxy groups -OCH3 is 1. The highest BCUT2D eigenvalue weighted by molar-refractivity contribution is 5.74. The lowest BCUT2D eigenvalue weighted by molar-refractivity contribution is -0.154. The summed E-state index contributed by atoms with van der Waals surface area (Å²) in [5.41, 5.74) is 0. The highest BCUT2D eigenvalue weighted by Gasteiger charge is 2.16.